The first-order chi connectivity index (χ1) is 6.52. The van der Waals surface area contributed by atoms with E-state index in [0.29, 0.717) is 5.69 Å². The summed E-state index contributed by atoms with van der Waals surface area (Å²) in [6.07, 6.45) is 0. The van der Waals surface area contributed by atoms with Gasteiger partial charge in [0.25, 0.3) is 0 Å². The third-order valence-electron chi connectivity index (χ3n) is 1.43. The number of nitrogens with two attached hydrogens (primary N) is 1. The Morgan fingerprint density at radius 1 is 1.07 bits per heavy atom. The van der Waals surface area contributed by atoms with Crippen LogP contribution in [0.1, 0.15) is 0 Å². The monoisotopic (exact) mass is 198 g/mol. The molecular formula is C6H6N4O4. The van der Waals surface area contributed by atoms with Crippen LogP contribution in [0, 0.1) is 20.2 Å². The smallest absolute Gasteiger partial charge is 0.228 e. The van der Waals surface area contributed by atoms with Crippen LogP contribution in [0.25, 0.3) is 0 Å². The summed E-state index contributed by atoms with van der Waals surface area (Å²) in [6.45, 7) is 0. The van der Waals surface area contributed by atoms with Gasteiger partial charge in [0, 0.05) is 5.69 Å². The molecule has 1 aromatic carbocycles. The van der Waals surface area contributed by atoms with E-state index in [0.717, 1.165) is 0 Å². The molecule has 0 radical (unpaired) electrons. The summed E-state index contributed by atoms with van der Waals surface area (Å²) >= 11 is 0. The number of nitro groups is 2. The average molecular weight is 198 g/mol. The van der Waals surface area contributed by atoms with Gasteiger partial charge in [0.15, 0.2) is 10.8 Å². The molecule has 0 atom stereocenters. The summed E-state index contributed by atoms with van der Waals surface area (Å²) in [5, 5.41) is 18.1. The molecule has 8 nitrogen and oxygen atoms in total. The van der Waals surface area contributed by atoms with Gasteiger partial charge in [-0.2, -0.15) is 0 Å². The lowest BCUT2D eigenvalue weighted by atomic mass is 10.3. The van der Waals surface area contributed by atoms with Gasteiger partial charge in [-0.15, -0.1) is 0 Å². The van der Waals surface area contributed by atoms with E-state index in [-0.39, 0.29) is 10.8 Å². The summed E-state index contributed by atoms with van der Waals surface area (Å²) in [7, 11) is 0. The SMILES string of the molecule is Nc1ccc(N([N+](=O)[O-])[N+](=O)[O-])cc1. The summed E-state index contributed by atoms with van der Waals surface area (Å²) in [4.78, 5) is 20.6. The third kappa shape index (κ3) is 1.86. The van der Waals surface area contributed by atoms with Gasteiger partial charge in [-0.3, -0.25) is 0 Å². The predicted molar refractivity (Wildman–Crippen MR) is 47.3 cm³/mol. The van der Waals surface area contributed by atoms with Crippen molar-refractivity contribution in [3.63, 3.8) is 0 Å². The first-order valence-electron chi connectivity index (χ1n) is 3.46. The molecular weight excluding hydrogens is 192 g/mol. The third-order valence-corrected chi connectivity index (χ3v) is 1.43. The number of rotatable bonds is 3. The Hall–Kier alpha value is -2.38. The molecule has 2 N–H and O–H groups in total. The Labute approximate surface area is 77.8 Å². The standard InChI is InChI=1S/C6H6N4O4/c7-5-1-3-6(4-2-5)8(9(11)12)10(13)14/h1-4H,7H2. The molecule has 0 aliphatic rings. The highest BCUT2D eigenvalue weighted by Crippen LogP contribution is 2.15. The van der Waals surface area contributed by atoms with E-state index in [2.05, 4.69) is 0 Å². The molecule has 74 valence electrons. The number of nitrogen functional groups attached to an aromatic ring is 1. The summed E-state index contributed by atoms with van der Waals surface area (Å²) in [5.41, 5.74) is 5.54. The minimum atomic E-state index is -1.12. The molecule has 1 rings (SSSR count). The zero-order chi connectivity index (χ0) is 10.7. The molecule has 0 heterocycles. The van der Waals surface area contributed by atoms with E-state index in [1.54, 1.807) is 0 Å². The maximum absolute atomic E-state index is 10.3. The zero-order valence-electron chi connectivity index (χ0n) is 6.86. The van der Waals surface area contributed by atoms with Gasteiger partial charge >= 0.3 is 0 Å². The predicted octanol–water partition coefficient (Wildman–Crippen LogP) is 0.459. The number of hydrogen-bond acceptors (Lipinski definition) is 5. The molecule has 0 aliphatic carbocycles. The van der Waals surface area contributed by atoms with Crippen LogP contribution in [-0.2, 0) is 0 Å². The van der Waals surface area contributed by atoms with E-state index in [4.69, 9.17) is 5.73 Å². The van der Waals surface area contributed by atoms with Crippen LogP contribution >= 0.6 is 0 Å². The summed E-state index contributed by atoms with van der Waals surface area (Å²) < 4.78 is 0. The quantitative estimate of drug-likeness (QED) is 0.428. The van der Waals surface area contributed by atoms with Crippen LogP contribution in [0.3, 0.4) is 0 Å². The fraction of sp³-hybridized carbons (Fsp3) is 0. The number of benzene rings is 1. The lowest BCUT2D eigenvalue weighted by Gasteiger charge is -2.02. The molecule has 0 bridgehead atoms. The van der Waals surface area contributed by atoms with E-state index >= 15 is 0 Å². The molecule has 0 unspecified atom stereocenters. The molecule has 0 aromatic heterocycles. The first kappa shape index (κ1) is 9.71. The first-order valence-corrected chi connectivity index (χ1v) is 3.46. The van der Waals surface area contributed by atoms with Crippen molar-refractivity contribution >= 4 is 11.4 Å². The largest absolute Gasteiger partial charge is 0.399 e. The molecule has 0 spiro atoms. The number of hydrogen-bond donors (Lipinski definition) is 1. The van der Waals surface area contributed by atoms with Gasteiger partial charge in [0.2, 0.25) is 10.1 Å². The summed E-state index contributed by atoms with van der Waals surface area (Å²) in [6, 6.07) is 5.08. The Bertz CT molecular complexity index is 349. The topological polar surface area (TPSA) is 116 Å². The second-order valence-corrected chi connectivity index (χ2v) is 2.36. The van der Waals surface area contributed by atoms with Crippen molar-refractivity contribution in [2.24, 2.45) is 0 Å². The minimum absolute atomic E-state index is 0.158. The lowest BCUT2D eigenvalue weighted by Crippen LogP contribution is -2.35. The van der Waals surface area contributed by atoms with Crippen molar-refractivity contribution in [1.29, 1.82) is 0 Å². The molecule has 0 saturated heterocycles. The highest BCUT2D eigenvalue weighted by Gasteiger charge is 2.29. The molecule has 8 heteroatoms. The Balaban J connectivity index is 3.06. The van der Waals surface area contributed by atoms with Crippen molar-refractivity contribution in [1.82, 2.24) is 0 Å². The molecule has 14 heavy (non-hydrogen) atoms. The van der Waals surface area contributed by atoms with Gasteiger partial charge < -0.3 is 5.73 Å². The maximum Gasteiger partial charge on any atom is 0.228 e. The van der Waals surface area contributed by atoms with Crippen LogP contribution in [-0.4, -0.2) is 10.1 Å². The number of nitrogens with zero attached hydrogens (tertiary/aromatic N) is 3. The molecule has 0 fully saturated rings. The normalized spacial score (nSPS) is 9.43. The van der Waals surface area contributed by atoms with E-state index < -0.39 is 10.1 Å². The Kier molecular flexibility index (Phi) is 2.47. The van der Waals surface area contributed by atoms with Crippen LogP contribution in [0.2, 0.25) is 0 Å². The van der Waals surface area contributed by atoms with E-state index in [1.807, 2.05) is 0 Å². The Morgan fingerprint density at radius 2 is 1.50 bits per heavy atom. The van der Waals surface area contributed by atoms with Gasteiger partial charge in [0.1, 0.15) is 0 Å². The van der Waals surface area contributed by atoms with Crippen LogP contribution in [0.5, 0.6) is 0 Å². The highest BCUT2D eigenvalue weighted by molar-refractivity contribution is 5.49. The fourth-order valence-corrected chi connectivity index (χ4v) is 0.856. The van der Waals surface area contributed by atoms with Crippen LogP contribution < -0.4 is 10.9 Å². The van der Waals surface area contributed by atoms with Crippen molar-refractivity contribution in [3.8, 4) is 0 Å². The highest BCUT2D eigenvalue weighted by atomic mass is 16.8. The summed E-state index contributed by atoms with van der Waals surface area (Å²) in [5.74, 6) is 0. The molecule has 0 amide bonds. The fourth-order valence-electron chi connectivity index (χ4n) is 0.856. The van der Waals surface area contributed by atoms with Crippen molar-refractivity contribution in [2.75, 3.05) is 10.9 Å². The average Bonchev–Trinajstić information content (AvgIpc) is 2.07. The van der Waals surface area contributed by atoms with Gasteiger partial charge in [0.05, 0.1) is 0 Å². The van der Waals surface area contributed by atoms with Crippen LogP contribution in [0.4, 0.5) is 11.4 Å². The zero-order valence-corrected chi connectivity index (χ0v) is 6.86. The van der Waals surface area contributed by atoms with Crippen molar-refractivity contribution < 1.29 is 10.1 Å². The minimum Gasteiger partial charge on any atom is -0.399 e. The van der Waals surface area contributed by atoms with Crippen molar-refractivity contribution in [3.05, 3.63) is 44.5 Å². The van der Waals surface area contributed by atoms with Gasteiger partial charge in [-0.25, -0.2) is 20.2 Å². The van der Waals surface area contributed by atoms with E-state index in [9.17, 15) is 20.2 Å². The molecule has 0 aliphatic heterocycles. The molecule has 0 saturated carbocycles. The van der Waals surface area contributed by atoms with Crippen LogP contribution in [0.15, 0.2) is 24.3 Å². The van der Waals surface area contributed by atoms with Crippen molar-refractivity contribution in [2.45, 2.75) is 0 Å². The maximum atomic E-state index is 10.3. The lowest BCUT2D eigenvalue weighted by molar-refractivity contribution is -0.711. The molecule has 1 aromatic rings. The Morgan fingerprint density at radius 3 is 1.86 bits per heavy atom. The number of anilines is 2. The van der Waals surface area contributed by atoms with Gasteiger partial charge in [-0.05, 0) is 24.3 Å². The second kappa shape index (κ2) is 3.56. The van der Waals surface area contributed by atoms with E-state index in [1.165, 1.54) is 24.3 Å². The number of hydrazine groups is 2. The van der Waals surface area contributed by atoms with Gasteiger partial charge in [-0.1, -0.05) is 0 Å². The second-order valence-electron chi connectivity index (χ2n) is 2.36.